The van der Waals surface area contributed by atoms with Gasteiger partial charge in [-0.3, -0.25) is 34.2 Å². The number of benzene rings is 2. The third kappa shape index (κ3) is 8.65. The number of likely N-dealkylation sites (tertiary alicyclic amines) is 1. The highest BCUT2D eigenvalue weighted by molar-refractivity contribution is 6.23. The number of amides is 5. The summed E-state index contributed by atoms with van der Waals surface area (Å²) in [5.74, 6) is -1.12. The predicted molar refractivity (Wildman–Crippen MR) is 212 cm³/mol. The van der Waals surface area contributed by atoms with E-state index in [1.165, 1.54) is 12.1 Å². The zero-order valence-electron chi connectivity index (χ0n) is 32.9. The fraction of sp³-hybridized carbons (Fsp3) is 0.465. The number of hydrogen-bond donors (Lipinski definition) is 2. The molecule has 2 aromatic carbocycles. The van der Waals surface area contributed by atoms with Crippen LogP contribution in [0.5, 0.6) is 5.75 Å². The molecule has 1 unspecified atom stereocenters. The highest BCUT2D eigenvalue weighted by Gasteiger charge is 2.45. The smallest absolute Gasteiger partial charge is 0.417 e. The number of imide groups is 2. The molecule has 1 atom stereocenters. The molecule has 14 nitrogen and oxygen atoms in total. The van der Waals surface area contributed by atoms with Gasteiger partial charge >= 0.3 is 6.18 Å². The lowest BCUT2D eigenvalue weighted by Gasteiger charge is -2.38. The molecule has 1 aromatic heterocycles. The van der Waals surface area contributed by atoms with Gasteiger partial charge in [-0.1, -0.05) is 0 Å². The topological polar surface area (TPSA) is 168 Å². The third-order valence-corrected chi connectivity index (χ3v) is 12.4. The van der Waals surface area contributed by atoms with E-state index in [4.69, 9.17) is 10.00 Å². The Hall–Kier alpha value is -6.02. The van der Waals surface area contributed by atoms with Gasteiger partial charge in [0, 0.05) is 63.8 Å². The Balaban J connectivity index is 0.747. The van der Waals surface area contributed by atoms with Gasteiger partial charge in [-0.05, 0) is 99.4 Å². The monoisotopic (exact) mass is 826 g/mol. The van der Waals surface area contributed by atoms with E-state index in [0.717, 1.165) is 75.1 Å². The van der Waals surface area contributed by atoms with Gasteiger partial charge in [0.1, 0.15) is 23.7 Å². The summed E-state index contributed by atoms with van der Waals surface area (Å²) in [6.45, 7) is 5.37. The van der Waals surface area contributed by atoms with E-state index in [1.807, 2.05) is 11.0 Å². The molecule has 5 aliphatic rings. The number of hydrogen-bond acceptors (Lipinski definition) is 11. The molecule has 5 amide bonds. The summed E-state index contributed by atoms with van der Waals surface area (Å²) < 4.78 is 46.7. The van der Waals surface area contributed by atoms with Crippen LogP contribution >= 0.6 is 0 Å². The van der Waals surface area contributed by atoms with Gasteiger partial charge in [0.15, 0.2) is 0 Å². The summed E-state index contributed by atoms with van der Waals surface area (Å²) in [4.78, 5) is 75.3. The van der Waals surface area contributed by atoms with Crippen LogP contribution in [0, 0.1) is 23.2 Å². The first-order valence-electron chi connectivity index (χ1n) is 20.5. The largest absolute Gasteiger partial charge is 0.490 e. The predicted octanol–water partition coefficient (Wildman–Crippen LogP) is 4.99. The number of carbonyl (C=O) groups excluding carboxylic acids is 5. The van der Waals surface area contributed by atoms with Gasteiger partial charge in [-0.25, -0.2) is 4.98 Å². The molecule has 4 saturated heterocycles. The first-order valence-corrected chi connectivity index (χ1v) is 20.5. The molecule has 0 bridgehead atoms. The van der Waals surface area contributed by atoms with Crippen molar-refractivity contribution < 1.29 is 41.9 Å². The second-order valence-electron chi connectivity index (χ2n) is 16.2. The number of nitriles is 1. The fourth-order valence-electron chi connectivity index (χ4n) is 9.00. The summed E-state index contributed by atoms with van der Waals surface area (Å²) in [5.41, 5.74) is 0.424. The number of halogens is 3. The number of aromatic nitrogens is 1. The lowest BCUT2D eigenvalue weighted by molar-refractivity contribution is -0.138. The van der Waals surface area contributed by atoms with Crippen LogP contribution < -0.4 is 25.2 Å². The van der Waals surface area contributed by atoms with E-state index < -0.39 is 47.0 Å². The molecule has 4 fully saturated rings. The number of rotatable bonds is 9. The van der Waals surface area contributed by atoms with Crippen LogP contribution in [0.25, 0.3) is 0 Å². The standard InChI is InChI=1S/C43H45F3N8O6/c44-43(45,46)35-21-29(2-1-28(35)23-47)52-19-11-27(12-20-52)39(56)49-37-7-3-30(24-48-37)53-17-9-26(10-18-53)25-51-15-13-31(14-16-51)60-32-4-5-33-34(22-32)42(59)54(41(33)58)36-6-8-38(55)50-40(36)57/h1-5,7,21-22,24,26-27,31,36H,6,8-20,25H2,(H,48,49,56)(H,50,55,57). The lowest BCUT2D eigenvalue weighted by atomic mass is 9.94. The fourth-order valence-corrected chi connectivity index (χ4v) is 9.00. The second kappa shape index (κ2) is 16.9. The SMILES string of the molecule is N#Cc1ccc(N2CCC(C(=O)Nc3ccc(N4CCC(CN5CCC(Oc6ccc7c(c6)C(=O)N(C6CCC(=O)NC6=O)C7=O)CC5)CC4)cn3)CC2)cc1C(F)(F)F. The van der Waals surface area contributed by atoms with Gasteiger partial charge in [0.05, 0.1) is 40.2 Å². The molecule has 2 N–H and O–H groups in total. The second-order valence-corrected chi connectivity index (χ2v) is 16.2. The molecule has 6 heterocycles. The minimum Gasteiger partial charge on any atom is -0.490 e. The van der Waals surface area contributed by atoms with Crippen LogP contribution in [0.15, 0.2) is 54.7 Å². The molecule has 0 radical (unpaired) electrons. The van der Waals surface area contributed by atoms with Crippen molar-refractivity contribution in [1.82, 2.24) is 20.1 Å². The van der Waals surface area contributed by atoms with Gasteiger partial charge in [0.25, 0.3) is 11.8 Å². The van der Waals surface area contributed by atoms with E-state index in [-0.39, 0.29) is 41.9 Å². The van der Waals surface area contributed by atoms with Gasteiger partial charge in [0.2, 0.25) is 17.7 Å². The van der Waals surface area contributed by atoms with Crippen LogP contribution in [0.2, 0.25) is 0 Å². The summed E-state index contributed by atoms with van der Waals surface area (Å²) in [6.07, 6.45) is 1.94. The summed E-state index contributed by atoms with van der Waals surface area (Å²) >= 11 is 0. The zero-order chi connectivity index (χ0) is 42.1. The van der Waals surface area contributed by atoms with Gasteiger partial charge < -0.3 is 24.8 Å². The Bertz CT molecular complexity index is 2200. The number of carbonyl (C=O) groups is 5. The van der Waals surface area contributed by atoms with Gasteiger partial charge in [-0.2, -0.15) is 18.4 Å². The van der Waals surface area contributed by atoms with Gasteiger partial charge in [-0.15, -0.1) is 0 Å². The van der Waals surface area contributed by atoms with Crippen molar-refractivity contribution in [3.05, 3.63) is 77.0 Å². The highest BCUT2D eigenvalue weighted by atomic mass is 19.4. The van der Waals surface area contributed by atoms with Crippen LogP contribution in [0.1, 0.15) is 83.2 Å². The average Bonchev–Trinajstić information content (AvgIpc) is 3.49. The van der Waals surface area contributed by atoms with E-state index in [9.17, 15) is 37.1 Å². The quantitative estimate of drug-likeness (QED) is 0.279. The zero-order valence-corrected chi connectivity index (χ0v) is 32.9. The van der Waals surface area contributed by atoms with Crippen LogP contribution in [-0.4, -0.2) is 102 Å². The number of fused-ring (bicyclic) bond motifs is 1. The van der Waals surface area contributed by atoms with Crippen molar-refractivity contribution in [2.45, 2.75) is 69.7 Å². The maximum absolute atomic E-state index is 13.5. The molecule has 314 valence electrons. The lowest BCUT2D eigenvalue weighted by Crippen LogP contribution is -2.54. The number of anilines is 3. The number of piperidine rings is 4. The molecule has 5 aliphatic heterocycles. The number of pyridine rings is 1. The highest BCUT2D eigenvalue weighted by Crippen LogP contribution is 2.36. The Morgan fingerprint density at radius 1 is 0.833 bits per heavy atom. The molecular formula is C43H45F3N8O6. The van der Waals surface area contributed by atoms with Crippen LogP contribution in [0.3, 0.4) is 0 Å². The van der Waals surface area contributed by atoms with Crippen LogP contribution in [0.4, 0.5) is 30.4 Å². The summed E-state index contributed by atoms with van der Waals surface area (Å²) in [5, 5.41) is 14.2. The Morgan fingerprint density at radius 2 is 1.52 bits per heavy atom. The van der Waals surface area contributed by atoms with Crippen LogP contribution in [-0.2, 0) is 20.6 Å². The first kappa shape index (κ1) is 40.7. The number of alkyl halides is 3. The molecule has 0 saturated carbocycles. The third-order valence-electron chi connectivity index (χ3n) is 12.4. The average molecular weight is 827 g/mol. The molecule has 0 aliphatic carbocycles. The molecular weight excluding hydrogens is 782 g/mol. The maximum Gasteiger partial charge on any atom is 0.417 e. The molecule has 3 aromatic rings. The van der Waals surface area contributed by atoms with Crippen molar-refractivity contribution in [2.24, 2.45) is 11.8 Å². The number of nitrogens with one attached hydrogen (secondary N) is 2. The minimum atomic E-state index is -4.63. The normalized spacial score (nSPS) is 21.2. The Morgan fingerprint density at radius 3 is 2.18 bits per heavy atom. The van der Waals surface area contributed by atoms with E-state index in [0.29, 0.717) is 49.1 Å². The van der Waals surface area contributed by atoms with Crippen molar-refractivity contribution >= 4 is 46.7 Å². The molecule has 8 rings (SSSR count). The number of ether oxygens (including phenoxy) is 1. The van der Waals surface area contributed by atoms with E-state index in [1.54, 1.807) is 36.5 Å². The Labute approximate surface area is 344 Å². The van der Waals surface area contributed by atoms with Crippen molar-refractivity contribution in [3.8, 4) is 11.8 Å². The molecule has 0 spiro atoms. The molecule has 60 heavy (non-hydrogen) atoms. The van der Waals surface area contributed by atoms with E-state index >= 15 is 0 Å². The minimum absolute atomic E-state index is 0.0358. The maximum atomic E-state index is 13.5. The summed E-state index contributed by atoms with van der Waals surface area (Å²) in [6, 6.07) is 12.9. The van der Waals surface area contributed by atoms with Crippen molar-refractivity contribution in [1.29, 1.82) is 5.26 Å². The first-order chi connectivity index (χ1) is 28.8. The Kier molecular flexibility index (Phi) is 11.5. The van der Waals surface area contributed by atoms with Crippen molar-refractivity contribution in [3.63, 3.8) is 0 Å². The summed E-state index contributed by atoms with van der Waals surface area (Å²) in [7, 11) is 0. The van der Waals surface area contributed by atoms with E-state index in [2.05, 4.69) is 25.4 Å². The molecule has 17 heteroatoms. The number of nitrogens with zero attached hydrogens (tertiary/aromatic N) is 6. The van der Waals surface area contributed by atoms with Crippen molar-refractivity contribution in [2.75, 3.05) is 60.9 Å².